The van der Waals surface area contributed by atoms with Gasteiger partial charge in [0.05, 0.1) is 22.2 Å². The fourth-order valence-electron chi connectivity index (χ4n) is 3.60. The highest BCUT2D eigenvalue weighted by atomic mass is 32.2. The van der Waals surface area contributed by atoms with Crippen molar-refractivity contribution in [1.82, 2.24) is 9.29 Å². The highest BCUT2D eigenvalue weighted by Gasteiger charge is 2.39. The molecule has 0 bridgehead atoms. The first kappa shape index (κ1) is 20.8. The molecule has 0 spiro atoms. The van der Waals surface area contributed by atoms with Crippen LogP contribution in [0.2, 0.25) is 0 Å². The van der Waals surface area contributed by atoms with Gasteiger partial charge in [0.1, 0.15) is 11.8 Å². The summed E-state index contributed by atoms with van der Waals surface area (Å²) < 4.78 is 33.6. The molecule has 158 valence electrons. The molecule has 0 radical (unpaired) electrons. The second-order valence-electron chi connectivity index (χ2n) is 7.36. The number of hydrogen-bond donors (Lipinski definition) is 1. The van der Waals surface area contributed by atoms with Crippen molar-refractivity contribution in [2.75, 3.05) is 19.0 Å². The molecule has 1 atom stereocenters. The van der Waals surface area contributed by atoms with Gasteiger partial charge in [-0.25, -0.2) is 13.4 Å². The van der Waals surface area contributed by atoms with Crippen molar-refractivity contribution >= 4 is 42.6 Å². The normalized spacial score (nSPS) is 17.4. The number of aromatic nitrogens is 1. The Morgan fingerprint density at radius 2 is 1.90 bits per heavy atom. The molecule has 0 aliphatic carbocycles. The van der Waals surface area contributed by atoms with Gasteiger partial charge in [-0.3, -0.25) is 4.79 Å². The Kier molecular flexibility index (Phi) is 5.52. The van der Waals surface area contributed by atoms with Crippen molar-refractivity contribution in [3.63, 3.8) is 0 Å². The first-order valence-electron chi connectivity index (χ1n) is 9.64. The number of sulfonamides is 1. The molecule has 3 aromatic rings. The monoisotopic (exact) mass is 445 g/mol. The lowest BCUT2D eigenvalue weighted by molar-refractivity contribution is -0.119. The number of amides is 1. The summed E-state index contributed by atoms with van der Waals surface area (Å²) >= 11 is 1.39. The molecule has 0 saturated carbocycles. The molecule has 7 nitrogen and oxygen atoms in total. The summed E-state index contributed by atoms with van der Waals surface area (Å²) in [5.74, 6) is 0.225. The van der Waals surface area contributed by atoms with Crippen LogP contribution >= 0.6 is 11.3 Å². The molecule has 1 saturated heterocycles. The predicted octanol–water partition coefficient (Wildman–Crippen LogP) is 3.71. The number of methoxy groups -OCH3 is 1. The third-order valence-electron chi connectivity index (χ3n) is 5.41. The van der Waals surface area contributed by atoms with Crippen LogP contribution in [0.1, 0.15) is 24.0 Å². The Labute approximate surface area is 179 Å². The van der Waals surface area contributed by atoms with Crippen LogP contribution in [0.4, 0.5) is 5.13 Å². The van der Waals surface area contributed by atoms with Gasteiger partial charge in [-0.1, -0.05) is 11.3 Å². The standard InChI is InChI=1S/C21H23N3O4S2/c1-13-11-17-19(12-14(13)2)29-21(22-17)23-20(25)18-5-4-10-24(18)30(26,27)16-8-6-15(28-3)7-9-16/h6-9,11-12,18H,4-5,10H2,1-3H3,(H,22,23,25). The maximum atomic E-state index is 13.1. The number of anilines is 1. The van der Waals surface area contributed by atoms with E-state index in [1.165, 1.54) is 34.9 Å². The minimum atomic E-state index is -3.79. The van der Waals surface area contributed by atoms with E-state index >= 15 is 0 Å². The Morgan fingerprint density at radius 3 is 2.60 bits per heavy atom. The van der Waals surface area contributed by atoms with Crippen LogP contribution in [0.15, 0.2) is 41.3 Å². The molecule has 1 N–H and O–H groups in total. The number of carbonyl (C=O) groups is 1. The molecule has 1 aromatic heterocycles. The fourth-order valence-corrected chi connectivity index (χ4v) is 6.20. The van der Waals surface area contributed by atoms with Gasteiger partial charge in [-0.05, 0) is 74.2 Å². The molecular formula is C21H23N3O4S2. The number of fused-ring (bicyclic) bond motifs is 1. The number of rotatable bonds is 5. The van der Waals surface area contributed by atoms with Gasteiger partial charge in [0, 0.05) is 6.54 Å². The van der Waals surface area contributed by atoms with Crippen LogP contribution in [0.3, 0.4) is 0 Å². The highest BCUT2D eigenvalue weighted by Crippen LogP contribution is 2.31. The van der Waals surface area contributed by atoms with Crippen LogP contribution in [0.25, 0.3) is 10.2 Å². The van der Waals surface area contributed by atoms with E-state index in [0.717, 1.165) is 21.3 Å². The minimum Gasteiger partial charge on any atom is -0.497 e. The van der Waals surface area contributed by atoms with Crippen molar-refractivity contribution in [3.05, 3.63) is 47.5 Å². The van der Waals surface area contributed by atoms with Crippen LogP contribution in [-0.2, 0) is 14.8 Å². The lowest BCUT2D eigenvalue weighted by Gasteiger charge is -2.23. The first-order chi connectivity index (χ1) is 14.3. The third-order valence-corrected chi connectivity index (χ3v) is 8.26. The van der Waals surface area contributed by atoms with Gasteiger partial charge in [0.25, 0.3) is 0 Å². The smallest absolute Gasteiger partial charge is 0.244 e. The van der Waals surface area contributed by atoms with Gasteiger partial charge in [-0.2, -0.15) is 4.31 Å². The number of nitrogens with one attached hydrogen (secondary N) is 1. The number of aryl methyl sites for hydroxylation is 2. The first-order valence-corrected chi connectivity index (χ1v) is 11.9. The molecule has 9 heteroatoms. The Balaban J connectivity index is 1.56. The summed E-state index contributed by atoms with van der Waals surface area (Å²) in [7, 11) is -2.26. The fraction of sp³-hybridized carbons (Fsp3) is 0.333. The van der Waals surface area contributed by atoms with E-state index in [1.807, 2.05) is 26.0 Å². The van der Waals surface area contributed by atoms with Crippen molar-refractivity contribution in [1.29, 1.82) is 0 Å². The van der Waals surface area contributed by atoms with Gasteiger partial charge in [0.2, 0.25) is 15.9 Å². The molecule has 30 heavy (non-hydrogen) atoms. The largest absolute Gasteiger partial charge is 0.497 e. The molecule has 1 aliphatic heterocycles. The van der Waals surface area contributed by atoms with Crippen LogP contribution in [-0.4, -0.2) is 43.3 Å². The van der Waals surface area contributed by atoms with Gasteiger partial charge < -0.3 is 10.1 Å². The summed E-state index contributed by atoms with van der Waals surface area (Å²) in [6, 6.07) is 9.49. The van der Waals surface area contributed by atoms with Crippen molar-refractivity contribution in [2.24, 2.45) is 0 Å². The van der Waals surface area contributed by atoms with Crippen LogP contribution in [0.5, 0.6) is 5.75 Å². The van der Waals surface area contributed by atoms with E-state index in [-0.39, 0.29) is 10.8 Å². The summed E-state index contributed by atoms with van der Waals surface area (Å²) in [6.07, 6.45) is 1.11. The zero-order chi connectivity index (χ0) is 21.5. The van der Waals surface area contributed by atoms with Crippen molar-refractivity contribution in [3.8, 4) is 5.75 Å². The maximum absolute atomic E-state index is 13.1. The molecule has 1 aliphatic rings. The molecule has 1 amide bonds. The molecule has 2 aromatic carbocycles. The number of thiazole rings is 1. The minimum absolute atomic E-state index is 0.147. The summed E-state index contributed by atoms with van der Waals surface area (Å²) in [5, 5.41) is 3.31. The molecule has 4 rings (SSSR count). The quantitative estimate of drug-likeness (QED) is 0.647. The Bertz CT molecular complexity index is 1160. The van der Waals surface area contributed by atoms with Gasteiger partial charge in [-0.15, -0.1) is 0 Å². The SMILES string of the molecule is COc1ccc(S(=O)(=O)N2CCCC2C(=O)Nc2nc3cc(C)c(C)cc3s2)cc1. The molecule has 2 heterocycles. The lowest BCUT2D eigenvalue weighted by atomic mass is 10.1. The van der Waals surface area contributed by atoms with Gasteiger partial charge >= 0.3 is 0 Å². The van der Waals surface area contributed by atoms with E-state index < -0.39 is 16.1 Å². The number of nitrogens with zero attached hydrogens (tertiary/aromatic N) is 2. The van der Waals surface area contributed by atoms with Crippen molar-refractivity contribution < 1.29 is 17.9 Å². The predicted molar refractivity (Wildman–Crippen MR) is 118 cm³/mol. The van der Waals surface area contributed by atoms with E-state index in [1.54, 1.807) is 12.1 Å². The third kappa shape index (κ3) is 3.80. The number of hydrogen-bond acceptors (Lipinski definition) is 6. The van der Waals surface area contributed by atoms with Crippen molar-refractivity contribution in [2.45, 2.75) is 37.6 Å². The molecule has 1 fully saturated rings. The summed E-state index contributed by atoms with van der Waals surface area (Å²) in [6.45, 7) is 4.37. The molecule has 1 unspecified atom stereocenters. The van der Waals surface area contributed by atoms with E-state index in [9.17, 15) is 13.2 Å². The van der Waals surface area contributed by atoms with Crippen LogP contribution in [0, 0.1) is 13.8 Å². The molecular weight excluding hydrogens is 422 g/mol. The number of carbonyl (C=O) groups excluding carboxylic acids is 1. The summed E-state index contributed by atoms with van der Waals surface area (Å²) in [4.78, 5) is 17.6. The van der Waals surface area contributed by atoms with E-state index in [2.05, 4.69) is 10.3 Å². The topological polar surface area (TPSA) is 88.6 Å². The average Bonchev–Trinajstić information content (AvgIpc) is 3.35. The zero-order valence-electron chi connectivity index (χ0n) is 17.0. The van der Waals surface area contributed by atoms with Crippen LogP contribution < -0.4 is 10.1 Å². The summed E-state index contributed by atoms with van der Waals surface area (Å²) in [5.41, 5.74) is 3.13. The average molecular weight is 446 g/mol. The second-order valence-corrected chi connectivity index (χ2v) is 10.3. The Hall–Kier alpha value is -2.49. The van der Waals surface area contributed by atoms with E-state index in [4.69, 9.17) is 4.74 Å². The highest BCUT2D eigenvalue weighted by molar-refractivity contribution is 7.89. The zero-order valence-corrected chi connectivity index (χ0v) is 18.6. The number of ether oxygens (including phenoxy) is 1. The number of benzene rings is 2. The maximum Gasteiger partial charge on any atom is 0.244 e. The van der Waals surface area contributed by atoms with E-state index in [0.29, 0.717) is 30.3 Å². The van der Waals surface area contributed by atoms with Gasteiger partial charge in [0.15, 0.2) is 5.13 Å². The Morgan fingerprint density at radius 1 is 1.20 bits per heavy atom. The lowest BCUT2D eigenvalue weighted by Crippen LogP contribution is -2.43. The second kappa shape index (κ2) is 7.98.